The Morgan fingerprint density at radius 2 is 2.39 bits per heavy atom. The molecule has 0 saturated heterocycles. The number of carbonyl (C=O) groups is 2. The molecule has 1 heterocycles. The van der Waals surface area contributed by atoms with Gasteiger partial charge in [-0.15, -0.1) is 6.42 Å². The summed E-state index contributed by atoms with van der Waals surface area (Å²) in [6, 6.07) is 1.24. The fourth-order valence-corrected chi connectivity index (χ4v) is 1.33. The van der Waals surface area contributed by atoms with E-state index in [2.05, 4.69) is 16.3 Å². The number of amides is 2. The van der Waals surface area contributed by atoms with Crippen LogP contribution in [0.3, 0.4) is 0 Å². The van der Waals surface area contributed by atoms with Gasteiger partial charge in [-0.3, -0.25) is 9.48 Å². The van der Waals surface area contributed by atoms with Crippen molar-refractivity contribution >= 4 is 12.0 Å². The number of aromatic nitrogens is 2. The predicted molar refractivity (Wildman–Crippen MR) is 63.5 cm³/mol. The summed E-state index contributed by atoms with van der Waals surface area (Å²) in [6.45, 7) is -0.221. The summed E-state index contributed by atoms with van der Waals surface area (Å²) in [7, 11) is 1.75. The first-order valence-corrected chi connectivity index (χ1v) is 5.19. The molecule has 0 aliphatic heterocycles. The first-order valence-electron chi connectivity index (χ1n) is 5.19. The summed E-state index contributed by atoms with van der Waals surface area (Å²) in [5.74, 6) is 1.13. The first kappa shape index (κ1) is 13.6. The third-order valence-electron chi connectivity index (χ3n) is 2.24. The molecule has 1 aromatic rings. The zero-order valence-electron chi connectivity index (χ0n) is 9.96. The van der Waals surface area contributed by atoms with Gasteiger partial charge < -0.3 is 15.3 Å². The van der Waals surface area contributed by atoms with E-state index in [9.17, 15) is 9.59 Å². The molecule has 0 aliphatic carbocycles. The maximum Gasteiger partial charge on any atom is 0.323 e. The van der Waals surface area contributed by atoms with E-state index in [0.717, 1.165) is 10.6 Å². The molecule has 0 aromatic carbocycles. The largest absolute Gasteiger partial charge is 0.480 e. The topological polar surface area (TPSA) is 87.5 Å². The second kappa shape index (κ2) is 6.30. The third-order valence-corrected chi connectivity index (χ3v) is 2.24. The van der Waals surface area contributed by atoms with Gasteiger partial charge in [0.1, 0.15) is 6.54 Å². The Morgan fingerprint density at radius 3 is 2.89 bits per heavy atom. The monoisotopic (exact) mass is 250 g/mol. The van der Waals surface area contributed by atoms with E-state index in [1.807, 2.05) is 0 Å². The van der Waals surface area contributed by atoms with Gasteiger partial charge in [-0.05, 0) is 6.07 Å². The van der Waals surface area contributed by atoms with Crippen molar-refractivity contribution in [2.45, 2.75) is 6.54 Å². The number of carboxylic acids is 1. The minimum Gasteiger partial charge on any atom is -0.480 e. The minimum atomic E-state index is -1.11. The molecular formula is C11H14N4O3. The maximum atomic E-state index is 11.7. The van der Waals surface area contributed by atoms with E-state index in [4.69, 9.17) is 11.5 Å². The van der Waals surface area contributed by atoms with Crippen LogP contribution < -0.4 is 5.32 Å². The molecule has 7 heteroatoms. The van der Waals surface area contributed by atoms with Crippen LogP contribution in [-0.2, 0) is 18.4 Å². The Kier molecular flexibility index (Phi) is 4.75. The molecular weight excluding hydrogens is 236 g/mol. The molecule has 1 aromatic heterocycles. The molecule has 2 N–H and O–H groups in total. The van der Waals surface area contributed by atoms with Gasteiger partial charge in [0.05, 0.1) is 18.8 Å². The Balaban J connectivity index is 2.54. The van der Waals surface area contributed by atoms with Gasteiger partial charge in [-0.25, -0.2) is 4.79 Å². The van der Waals surface area contributed by atoms with Crippen LogP contribution >= 0.6 is 0 Å². The number of rotatable bonds is 5. The lowest BCUT2D eigenvalue weighted by Gasteiger charge is -2.18. The Morgan fingerprint density at radius 1 is 1.67 bits per heavy atom. The summed E-state index contributed by atoms with van der Waals surface area (Å²) in [5.41, 5.74) is 0.805. The van der Waals surface area contributed by atoms with Gasteiger partial charge in [-0.1, -0.05) is 5.92 Å². The van der Waals surface area contributed by atoms with Gasteiger partial charge in [0.15, 0.2) is 0 Å². The molecule has 0 unspecified atom stereocenters. The summed E-state index contributed by atoms with van der Waals surface area (Å²) < 4.78 is 1.61. The summed E-state index contributed by atoms with van der Waals surface area (Å²) in [6.07, 6.45) is 6.69. The number of hydrogen-bond donors (Lipinski definition) is 2. The van der Waals surface area contributed by atoms with Crippen molar-refractivity contribution in [2.24, 2.45) is 7.05 Å². The number of hydrogen-bond acceptors (Lipinski definition) is 3. The first-order chi connectivity index (χ1) is 8.54. The predicted octanol–water partition coefficient (Wildman–Crippen LogP) is -0.350. The number of aryl methyl sites for hydroxylation is 1. The highest BCUT2D eigenvalue weighted by Crippen LogP contribution is 1.96. The van der Waals surface area contributed by atoms with Crippen LogP contribution in [0.1, 0.15) is 5.69 Å². The number of carbonyl (C=O) groups excluding carboxylic acids is 1. The molecule has 0 bridgehead atoms. The van der Waals surface area contributed by atoms with Crippen molar-refractivity contribution < 1.29 is 14.7 Å². The van der Waals surface area contributed by atoms with Crippen molar-refractivity contribution in [1.29, 1.82) is 0 Å². The van der Waals surface area contributed by atoms with Crippen molar-refractivity contribution in [2.75, 3.05) is 13.1 Å². The van der Waals surface area contributed by atoms with Gasteiger partial charge in [0.25, 0.3) is 0 Å². The lowest BCUT2D eigenvalue weighted by molar-refractivity contribution is -0.137. The quantitative estimate of drug-likeness (QED) is 0.699. The van der Waals surface area contributed by atoms with E-state index in [1.165, 1.54) is 0 Å². The number of nitrogens with zero attached hydrogens (tertiary/aromatic N) is 3. The lowest BCUT2D eigenvalue weighted by atomic mass is 10.4. The van der Waals surface area contributed by atoms with Crippen LogP contribution in [-0.4, -0.2) is 44.9 Å². The average molecular weight is 250 g/mol. The zero-order valence-corrected chi connectivity index (χ0v) is 9.96. The normalized spacial score (nSPS) is 9.56. The van der Waals surface area contributed by atoms with Crippen LogP contribution in [0.2, 0.25) is 0 Å². The summed E-state index contributed by atoms with van der Waals surface area (Å²) >= 11 is 0. The molecule has 0 fully saturated rings. The highest BCUT2D eigenvalue weighted by Gasteiger charge is 2.15. The van der Waals surface area contributed by atoms with Crippen LogP contribution in [0.4, 0.5) is 4.79 Å². The van der Waals surface area contributed by atoms with Gasteiger partial charge in [0.2, 0.25) is 0 Å². The molecule has 18 heavy (non-hydrogen) atoms. The molecule has 7 nitrogen and oxygen atoms in total. The van der Waals surface area contributed by atoms with Gasteiger partial charge >= 0.3 is 12.0 Å². The average Bonchev–Trinajstić information content (AvgIpc) is 2.70. The van der Waals surface area contributed by atoms with Gasteiger partial charge in [-0.2, -0.15) is 5.10 Å². The SMILES string of the molecule is C#CCN(CC(=O)O)C(=O)NCc1ccnn1C. The van der Waals surface area contributed by atoms with E-state index in [0.29, 0.717) is 0 Å². The summed E-state index contributed by atoms with van der Waals surface area (Å²) in [5, 5.41) is 15.2. The summed E-state index contributed by atoms with van der Waals surface area (Å²) in [4.78, 5) is 23.3. The lowest BCUT2D eigenvalue weighted by Crippen LogP contribution is -2.42. The number of urea groups is 1. The van der Waals surface area contributed by atoms with Crippen molar-refractivity contribution in [3.8, 4) is 12.3 Å². The fourth-order valence-electron chi connectivity index (χ4n) is 1.33. The Labute approximate surface area is 104 Å². The van der Waals surface area contributed by atoms with Gasteiger partial charge in [0, 0.05) is 13.2 Å². The molecule has 1 rings (SSSR count). The van der Waals surface area contributed by atoms with Crippen molar-refractivity contribution in [3.05, 3.63) is 18.0 Å². The van der Waals surface area contributed by atoms with Crippen molar-refractivity contribution in [3.63, 3.8) is 0 Å². The molecule has 0 atom stereocenters. The smallest absolute Gasteiger partial charge is 0.323 e. The molecule has 0 saturated carbocycles. The minimum absolute atomic E-state index is 0.0521. The maximum absolute atomic E-state index is 11.7. The second-order valence-electron chi connectivity index (χ2n) is 3.56. The third kappa shape index (κ3) is 3.83. The molecule has 96 valence electrons. The number of carboxylic acid groups (broad SMARTS) is 1. The van der Waals surface area contributed by atoms with E-state index >= 15 is 0 Å². The standard InChI is InChI=1S/C11H14N4O3/c1-3-6-15(8-10(16)17)11(18)12-7-9-4-5-13-14(9)2/h1,4-5H,6-8H2,2H3,(H,12,18)(H,16,17). The van der Waals surface area contributed by atoms with Crippen LogP contribution in [0.25, 0.3) is 0 Å². The molecule has 0 aliphatic rings. The second-order valence-corrected chi connectivity index (χ2v) is 3.56. The van der Waals surface area contributed by atoms with E-state index < -0.39 is 18.5 Å². The van der Waals surface area contributed by atoms with Crippen LogP contribution in [0, 0.1) is 12.3 Å². The van der Waals surface area contributed by atoms with Crippen molar-refractivity contribution in [1.82, 2.24) is 20.0 Å². The number of nitrogens with one attached hydrogen (secondary N) is 1. The Bertz CT molecular complexity index is 475. The number of terminal acetylenes is 1. The highest BCUT2D eigenvalue weighted by molar-refractivity contribution is 5.80. The fraction of sp³-hybridized carbons (Fsp3) is 0.364. The van der Waals surface area contributed by atoms with Crippen LogP contribution in [0.15, 0.2) is 12.3 Å². The zero-order chi connectivity index (χ0) is 13.5. The van der Waals surface area contributed by atoms with E-state index in [-0.39, 0.29) is 13.1 Å². The molecule has 0 radical (unpaired) electrons. The Hall–Kier alpha value is -2.49. The van der Waals surface area contributed by atoms with E-state index in [1.54, 1.807) is 24.0 Å². The van der Waals surface area contributed by atoms with Crippen LogP contribution in [0.5, 0.6) is 0 Å². The highest BCUT2D eigenvalue weighted by atomic mass is 16.4. The molecule has 0 spiro atoms. The molecule has 2 amide bonds. The number of aliphatic carboxylic acids is 1.